The van der Waals surface area contributed by atoms with Gasteiger partial charge in [-0.2, -0.15) is 0 Å². The van der Waals surface area contributed by atoms with Gasteiger partial charge >= 0.3 is 5.82 Å². The Labute approximate surface area is 76.3 Å². The van der Waals surface area contributed by atoms with Crippen LogP contribution in [0.5, 0.6) is 0 Å². The molecule has 70 valence electrons. The fourth-order valence-electron chi connectivity index (χ4n) is 0.761. The first kappa shape index (κ1) is 9.79. The maximum Gasteiger partial charge on any atom is 0.372 e. The highest BCUT2D eigenvalue weighted by molar-refractivity contribution is 6.30. The Morgan fingerprint density at radius 1 is 1.62 bits per heavy atom. The van der Waals surface area contributed by atoms with Crippen molar-refractivity contribution in [3.8, 4) is 0 Å². The van der Waals surface area contributed by atoms with Gasteiger partial charge in [-0.15, -0.1) is 0 Å². The molecular weight excluding hydrogens is 206 g/mol. The van der Waals surface area contributed by atoms with Crippen molar-refractivity contribution in [2.75, 3.05) is 0 Å². The van der Waals surface area contributed by atoms with Crippen LogP contribution < -0.4 is 0 Å². The van der Waals surface area contributed by atoms with E-state index in [1.807, 2.05) is 0 Å². The van der Waals surface area contributed by atoms with Gasteiger partial charge in [-0.3, -0.25) is 0 Å². The first-order valence-corrected chi connectivity index (χ1v) is 3.48. The molecule has 0 fully saturated rings. The molecule has 4 nitrogen and oxygen atoms in total. The van der Waals surface area contributed by atoms with Gasteiger partial charge in [0.25, 0.3) is 6.43 Å². The number of halogens is 3. The molecule has 7 heteroatoms. The summed E-state index contributed by atoms with van der Waals surface area (Å²) in [7, 11) is 0. The molecule has 0 atom stereocenters. The van der Waals surface area contributed by atoms with Crippen LogP contribution in [0.2, 0.25) is 5.02 Å². The summed E-state index contributed by atoms with van der Waals surface area (Å²) in [6.07, 6.45) is -2.00. The van der Waals surface area contributed by atoms with E-state index in [0.717, 1.165) is 12.3 Å². The molecule has 1 heterocycles. The van der Waals surface area contributed by atoms with Crippen molar-refractivity contribution < 1.29 is 13.7 Å². The van der Waals surface area contributed by atoms with E-state index < -0.39 is 22.7 Å². The Bertz CT molecular complexity index is 345. The normalized spacial score (nSPS) is 10.5. The summed E-state index contributed by atoms with van der Waals surface area (Å²) in [5.74, 6) is -0.862. The number of aromatic nitrogens is 1. The minimum absolute atomic E-state index is 0.0547. The Balaban J connectivity index is 3.26. The van der Waals surface area contributed by atoms with Gasteiger partial charge in [-0.25, -0.2) is 8.78 Å². The first-order chi connectivity index (χ1) is 6.02. The van der Waals surface area contributed by atoms with E-state index in [4.69, 9.17) is 11.6 Å². The van der Waals surface area contributed by atoms with Gasteiger partial charge in [-0.05, 0) is 16.0 Å². The predicted molar refractivity (Wildman–Crippen MR) is 40.9 cm³/mol. The van der Waals surface area contributed by atoms with E-state index in [2.05, 4.69) is 4.98 Å². The molecule has 0 aliphatic heterocycles. The third kappa shape index (κ3) is 2.09. The molecule has 0 aromatic carbocycles. The molecule has 1 rings (SSSR count). The molecule has 0 unspecified atom stereocenters. The molecular formula is C6H3ClF2N2O2. The highest BCUT2D eigenvalue weighted by atomic mass is 35.5. The van der Waals surface area contributed by atoms with Crippen LogP contribution in [0, 0.1) is 10.1 Å². The molecule has 1 aromatic rings. The number of hydrogen-bond acceptors (Lipinski definition) is 3. The van der Waals surface area contributed by atoms with Crippen molar-refractivity contribution in [1.82, 2.24) is 4.98 Å². The Morgan fingerprint density at radius 2 is 2.23 bits per heavy atom. The van der Waals surface area contributed by atoms with Crippen LogP contribution in [0.25, 0.3) is 0 Å². The summed E-state index contributed by atoms with van der Waals surface area (Å²) in [6.45, 7) is 0. The standard InChI is InChI=1S/C6H3ClF2N2O2/c7-3-1-4(5(8)9)6(10-2-3)11(12)13/h1-2,5H. The zero-order valence-electron chi connectivity index (χ0n) is 6.08. The van der Waals surface area contributed by atoms with Gasteiger partial charge in [0.05, 0.1) is 5.02 Å². The molecule has 0 radical (unpaired) electrons. The fraction of sp³-hybridized carbons (Fsp3) is 0.167. The Kier molecular flexibility index (Phi) is 2.72. The second kappa shape index (κ2) is 3.61. The number of hydrogen-bond donors (Lipinski definition) is 0. The lowest BCUT2D eigenvalue weighted by molar-refractivity contribution is -0.391. The number of alkyl halides is 2. The minimum atomic E-state index is -2.95. The molecule has 0 aliphatic rings. The van der Waals surface area contributed by atoms with Crippen molar-refractivity contribution in [3.05, 3.63) is 33.0 Å². The molecule has 0 saturated carbocycles. The Hall–Kier alpha value is -1.30. The van der Waals surface area contributed by atoms with Crippen LogP contribution >= 0.6 is 11.6 Å². The topological polar surface area (TPSA) is 56.0 Å². The number of rotatable bonds is 2. The zero-order valence-corrected chi connectivity index (χ0v) is 6.83. The number of pyridine rings is 1. The van der Waals surface area contributed by atoms with Crippen molar-refractivity contribution in [1.29, 1.82) is 0 Å². The van der Waals surface area contributed by atoms with Crippen LogP contribution in [0.4, 0.5) is 14.6 Å². The van der Waals surface area contributed by atoms with Gasteiger partial charge in [0, 0.05) is 0 Å². The molecule has 0 N–H and O–H groups in total. The highest BCUT2D eigenvalue weighted by Gasteiger charge is 2.23. The molecule has 0 amide bonds. The predicted octanol–water partition coefficient (Wildman–Crippen LogP) is 2.58. The van der Waals surface area contributed by atoms with Crippen LogP contribution in [-0.2, 0) is 0 Å². The maximum absolute atomic E-state index is 12.2. The summed E-state index contributed by atoms with van der Waals surface area (Å²) in [5, 5.41) is 10.1. The third-order valence-electron chi connectivity index (χ3n) is 1.27. The molecule has 1 aromatic heterocycles. The number of nitro groups is 1. The second-order valence-corrected chi connectivity index (χ2v) is 2.56. The fourth-order valence-corrected chi connectivity index (χ4v) is 0.927. The molecule has 0 aliphatic carbocycles. The van der Waals surface area contributed by atoms with Crippen molar-refractivity contribution in [3.63, 3.8) is 0 Å². The monoisotopic (exact) mass is 208 g/mol. The van der Waals surface area contributed by atoms with Gasteiger partial charge < -0.3 is 10.1 Å². The van der Waals surface area contributed by atoms with Gasteiger partial charge in [0.15, 0.2) is 6.20 Å². The molecule has 13 heavy (non-hydrogen) atoms. The summed E-state index contributed by atoms with van der Waals surface area (Å²) >= 11 is 5.35. The molecule has 0 bridgehead atoms. The van der Waals surface area contributed by atoms with E-state index in [-0.39, 0.29) is 5.02 Å². The maximum atomic E-state index is 12.2. The first-order valence-electron chi connectivity index (χ1n) is 3.10. The molecule has 0 saturated heterocycles. The van der Waals surface area contributed by atoms with E-state index in [9.17, 15) is 18.9 Å². The lowest BCUT2D eigenvalue weighted by atomic mass is 10.3. The van der Waals surface area contributed by atoms with Crippen LogP contribution in [0.15, 0.2) is 12.3 Å². The highest BCUT2D eigenvalue weighted by Crippen LogP contribution is 2.28. The summed E-state index contributed by atoms with van der Waals surface area (Å²) in [6, 6.07) is 0.831. The van der Waals surface area contributed by atoms with Crippen molar-refractivity contribution in [2.45, 2.75) is 6.43 Å². The molecule has 0 spiro atoms. The van der Waals surface area contributed by atoms with E-state index in [0.29, 0.717) is 0 Å². The smallest absolute Gasteiger partial charge is 0.358 e. The van der Waals surface area contributed by atoms with Crippen LogP contribution in [-0.4, -0.2) is 9.91 Å². The van der Waals surface area contributed by atoms with Crippen molar-refractivity contribution >= 4 is 17.4 Å². The SMILES string of the molecule is O=[N+]([O-])c1ncc(Cl)cc1C(F)F. The second-order valence-electron chi connectivity index (χ2n) is 2.12. The summed E-state index contributed by atoms with van der Waals surface area (Å²) in [4.78, 5) is 12.4. The van der Waals surface area contributed by atoms with E-state index in [1.165, 1.54) is 0 Å². The summed E-state index contributed by atoms with van der Waals surface area (Å²) in [5.41, 5.74) is -0.766. The lowest BCUT2D eigenvalue weighted by Crippen LogP contribution is -1.98. The quantitative estimate of drug-likeness (QED) is 0.554. The Morgan fingerprint density at radius 3 is 2.69 bits per heavy atom. The van der Waals surface area contributed by atoms with E-state index in [1.54, 1.807) is 0 Å². The lowest BCUT2D eigenvalue weighted by Gasteiger charge is -2.00. The van der Waals surface area contributed by atoms with E-state index >= 15 is 0 Å². The van der Waals surface area contributed by atoms with Crippen LogP contribution in [0.1, 0.15) is 12.0 Å². The number of nitrogens with zero attached hydrogens (tertiary/aromatic N) is 2. The van der Waals surface area contributed by atoms with Crippen molar-refractivity contribution in [2.24, 2.45) is 0 Å². The van der Waals surface area contributed by atoms with Gasteiger partial charge in [0.2, 0.25) is 0 Å². The zero-order chi connectivity index (χ0) is 10.0. The van der Waals surface area contributed by atoms with Gasteiger partial charge in [-0.1, -0.05) is 11.6 Å². The third-order valence-corrected chi connectivity index (χ3v) is 1.48. The average Bonchev–Trinajstić information content (AvgIpc) is 2.03. The average molecular weight is 209 g/mol. The van der Waals surface area contributed by atoms with Crippen LogP contribution in [0.3, 0.4) is 0 Å². The van der Waals surface area contributed by atoms with Gasteiger partial charge in [0.1, 0.15) is 5.56 Å². The summed E-state index contributed by atoms with van der Waals surface area (Å²) < 4.78 is 24.3. The largest absolute Gasteiger partial charge is 0.372 e. The minimum Gasteiger partial charge on any atom is -0.358 e.